The zero-order chi connectivity index (χ0) is 18.5. The van der Waals surface area contributed by atoms with E-state index >= 15 is 0 Å². The van der Waals surface area contributed by atoms with Crippen molar-refractivity contribution in [3.8, 4) is 5.82 Å². The van der Waals surface area contributed by atoms with Crippen molar-refractivity contribution in [3.05, 3.63) is 60.7 Å². The van der Waals surface area contributed by atoms with Crippen molar-refractivity contribution in [2.75, 3.05) is 6.54 Å². The van der Waals surface area contributed by atoms with Gasteiger partial charge >= 0.3 is 6.03 Å². The minimum absolute atomic E-state index is 0.0221. The molecule has 1 N–H and O–H groups in total. The molecule has 0 aromatic carbocycles. The second-order valence-corrected chi connectivity index (χ2v) is 6.56. The second-order valence-electron chi connectivity index (χ2n) is 6.56. The van der Waals surface area contributed by atoms with Crippen LogP contribution in [0.5, 0.6) is 0 Å². The maximum atomic E-state index is 12.9. The number of nitrogens with one attached hydrogen (secondary N) is 1. The lowest BCUT2D eigenvalue weighted by Crippen LogP contribution is -2.42. The van der Waals surface area contributed by atoms with E-state index in [0.717, 1.165) is 43.6 Å². The Morgan fingerprint density at radius 3 is 3.04 bits per heavy atom. The van der Waals surface area contributed by atoms with E-state index in [2.05, 4.69) is 20.4 Å². The topological polar surface area (TPSA) is 89.1 Å². The van der Waals surface area contributed by atoms with Crippen molar-refractivity contribution in [2.24, 2.45) is 0 Å². The van der Waals surface area contributed by atoms with Crippen LogP contribution in [0.1, 0.15) is 43.0 Å². The number of rotatable bonds is 4. The fraction of sp³-hybridized carbons (Fsp3) is 0.368. The van der Waals surface area contributed by atoms with Crippen LogP contribution in [0.2, 0.25) is 0 Å². The zero-order valence-electron chi connectivity index (χ0n) is 15.0. The summed E-state index contributed by atoms with van der Waals surface area (Å²) in [7, 11) is 0. The Kier molecular flexibility index (Phi) is 5.13. The molecule has 27 heavy (non-hydrogen) atoms. The number of urea groups is 1. The van der Waals surface area contributed by atoms with E-state index in [-0.39, 0.29) is 12.1 Å². The first-order chi connectivity index (χ1) is 13.3. The van der Waals surface area contributed by atoms with Crippen molar-refractivity contribution in [2.45, 2.75) is 38.3 Å². The molecule has 1 fully saturated rings. The summed E-state index contributed by atoms with van der Waals surface area (Å²) >= 11 is 0. The number of nitrogens with zero attached hydrogens (tertiary/aromatic N) is 5. The van der Waals surface area contributed by atoms with Crippen LogP contribution in [-0.4, -0.2) is 37.2 Å². The second kappa shape index (κ2) is 8.03. The van der Waals surface area contributed by atoms with Gasteiger partial charge in [0, 0.05) is 24.8 Å². The number of hydrogen-bond acceptors (Lipinski definition) is 5. The third kappa shape index (κ3) is 3.84. The normalized spacial score (nSPS) is 17.5. The van der Waals surface area contributed by atoms with Crippen molar-refractivity contribution >= 4 is 6.03 Å². The molecule has 4 rings (SSSR count). The van der Waals surface area contributed by atoms with Gasteiger partial charge in [0.15, 0.2) is 5.82 Å². The summed E-state index contributed by atoms with van der Waals surface area (Å²) in [5.74, 6) is 1.51. The Morgan fingerprint density at radius 1 is 1.26 bits per heavy atom. The van der Waals surface area contributed by atoms with Crippen LogP contribution in [0.3, 0.4) is 0 Å². The van der Waals surface area contributed by atoms with Gasteiger partial charge < -0.3 is 14.6 Å². The molecule has 1 saturated heterocycles. The lowest BCUT2D eigenvalue weighted by Gasteiger charge is -2.28. The van der Waals surface area contributed by atoms with Crippen LogP contribution in [-0.2, 0) is 6.54 Å². The lowest BCUT2D eigenvalue weighted by atomic mass is 10.1. The van der Waals surface area contributed by atoms with Gasteiger partial charge in [-0.1, -0.05) is 18.9 Å². The summed E-state index contributed by atoms with van der Waals surface area (Å²) in [4.78, 5) is 23.2. The molecule has 4 heterocycles. The summed E-state index contributed by atoms with van der Waals surface area (Å²) in [6.45, 7) is 1.09. The molecule has 8 nitrogen and oxygen atoms in total. The molecule has 0 spiro atoms. The number of carbonyl (C=O) groups is 1. The third-order valence-corrected chi connectivity index (χ3v) is 4.82. The van der Waals surface area contributed by atoms with E-state index in [1.165, 1.54) is 6.33 Å². The molecule has 2 amide bonds. The molecule has 3 aromatic heterocycles. The Bertz CT molecular complexity index is 862. The molecule has 1 aliphatic heterocycles. The molecule has 0 radical (unpaired) electrons. The minimum Gasteiger partial charge on any atom is -0.467 e. The van der Waals surface area contributed by atoms with Crippen LogP contribution in [0.4, 0.5) is 4.79 Å². The number of aromatic nitrogens is 4. The van der Waals surface area contributed by atoms with Crippen molar-refractivity contribution in [1.29, 1.82) is 0 Å². The summed E-state index contributed by atoms with van der Waals surface area (Å²) in [5, 5.41) is 7.16. The van der Waals surface area contributed by atoms with E-state index in [9.17, 15) is 4.79 Å². The number of pyridine rings is 1. The van der Waals surface area contributed by atoms with Gasteiger partial charge in [-0.2, -0.15) is 5.10 Å². The average Bonchev–Trinajstić information content (AvgIpc) is 3.37. The fourth-order valence-electron chi connectivity index (χ4n) is 3.49. The Hall–Kier alpha value is -3.16. The van der Waals surface area contributed by atoms with Crippen molar-refractivity contribution in [1.82, 2.24) is 30.0 Å². The van der Waals surface area contributed by atoms with Gasteiger partial charge in [-0.25, -0.2) is 19.4 Å². The predicted molar refractivity (Wildman–Crippen MR) is 98.0 cm³/mol. The zero-order valence-corrected chi connectivity index (χ0v) is 15.0. The molecule has 140 valence electrons. The van der Waals surface area contributed by atoms with Gasteiger partial charge in [-0.3, -0.25) is 0 Å². The molecule has 0 bridgehead atoms. The van der Waals surface area contributed by atoms with Crippen molar-refractivity contribution in [3.63, 3.8) is 0 Å². The van der Waals surface area contributed by atoms with E-state index < -0.39 is 0 Å². The smallest absolute Gasteiger partial charge is 0.318 e. The molecule has 8 heteroatoms. The summed E-state index contributed by atoms with van der Waals surface area (Å²) < 4.78 is 7.19. The Labute approximate surface area is 157 Å². The van der Waals surface area contributed by atoms with Gasteiger partial charge in [0.2, 0.25) is 0 Å². The summed E-state index contributed by atoms with van der Waals surface area (Å²) in [5.41, 5.74) is 0.876. The van der Waals surface area contributed by atoms with Gasteiger partial charge in [-0.05, 0) is 31.0 Å². The number of carbonyl (C=O) groups excluding carboxylic acids is 1. The monoisotopic (exact) mass is 366 g/mol. The average molecular weight is 366 g/mol. The first-order valence-electron chi connectivity index (χ1n) is 9.19. The quantitative estimate of drug-likeness (QED) is 0.766. The van der Waals surface area contributed by atoms with Gasteiger partial charge in [-0.15, -0.1) is 0 Å². The minimum atomic E-state index is -0.0910. The van der Waals surface area contributed by atoms with E-state index in [1.807, 2.05) is 29.2 Å². The van der Waals surface area contributed by atoms with Gasteiger partial charge in [0.05, 0.1) is 12.3 Å². The van der Waals surface area contributed by atoms with E-state index in [1.54, 1.807) is 23.5 Å². The number of hydrogen-bond donors (Lipinski definition) is 1. The summed E-state index contributed by atoms with van der Waals surface area (Å²) in [6.07, 6.45) is 10.5. The molecule has 0 saturated carbocycles. The molecule has 1 atom stereocenters. The SMILES string of the molecule is O=C(NCc1cccnc1-n1cncn1)N1CCCCCC1c1ccco1. The number of furan rings is 1. The predicted octanol–water partition coefficient (Wildman–Crippen LogP) is 3.08. The van der Waals surface area contributed by atoms with Crippen LogP contribution >= 0.6 is 0 Å². The molecule has 0 aliphatic carbocycles. The molecular weight excluding hydrogens is 344 g/mol. The highest BCUT2D eigenvalue weighted by atomic mass is 16.3. The van der Waals surface area contributed by atoms with E-state index in [0.29, 0.717) is 12.4 Å². The highest BCUT2D eigenvalue weighted by molar-refractivity contribution is 5.74. The summed E-state index contributed by atoms with van der Waals surface area (Å²) in [6, 6.07) is 7.48. The van der Waals surface area contributed by atoms with Crippen LogP contribution in [0, 0.1) is 0 Å². The van der Waals surface area contributed by atoms with Crippen molar-refractivity contribution < 1.29 is 9.21 Å². The Balaban J connectivity index is 1.49. The van der Waals surface area contributed by atoms with Gasteiger partial charge in [0.1, 0.15) is 18.4 Å². The maximum Gasteiger partial charge on any atom is 0.318 e. The fourth-order valence-corrected chi connectivity index (χ4v) is 3.49. The highest BCUT2D eigenvalue weighted by Crippen LogP contribution is 2.30. The number of likely N-dealkylation sites (tertiary alicyclic amines) is 1. The standard InChI is InChI=1S/C19H22N6O2/c26-19(24-10-3-1-2-7-16(24)17-8-5-11-27-17)22-12-15-6-4-9-21-18(15)25-14-20-13-23-25/h4-6,8-9,11,13-14,16H,1-3,7,10,12H2,(H,22,26). The molecule has 1 unspecified atom stereocenters. The largest absolute Gasteiger partial charge is 0.467 e. The van der Waals surface area contributed by atoms with Crippen LogP contribution in [0.15, 0.2) is 53.8 Å². The van der Waals surface area contributed by atoms with Crippen LogP contribution in [0.25, 0.3) is 5.82 Å². The van der Waals surface area contributed by atoms with Crippen LogP contribution < -0.4 is 5.32 Å². The molecule has 1 aliphatic rings. The molecule has 3 aromatic rings. The van der Waals surface area contributed by atoms with E-state index in [4.69, 9.17) is 4.42 Å². The third-order valence-electron chi connectivity index (χ3n) is 4.82. The molecular formula is C19H22N6O2. The highest BCUT2D eigenvalue weighted by Gasteiger charge is 2.28. The lowest BCUT2D eigenvalue weighted by molar-refractivity contribution is 0.166. The number of amides is 2. The van der Waals surface area contributed by atoms with Gasteiger partial charge in [0.25, 0.3) is 0 Å². The Morgan fingerprint density at radius 2 is 2.22 bits per heavy atom. The first-order valence-corrected chi connectivity index (χ1v) is 9.19. The maximum absolute atomic E-state index is 12.9. The first kappa shape index (κ1) is 17.3.